The number of unbranched alkanes of at least 4 members (excludes halogenated alkanes) is 1. The van der Waals surface area contributed by atoms with E-state index in [1.165, 1.54) is 16.8 Å². The molecule has 1 aliphatic heterocycles. The molecule has 1 aliphatic rings. The first-order valence-corrected chi connectivity index (χ1v) is 10.4. The molecule has 2 heterocycles. The molecule has 0 spiro atoms. The van der Waals surface area contributed by atoms with Crippen LogP contribution in [0.3, 0.4) is 0 Å². The van der Waals surface area contributed by atoms with Crippen LogP contribution in [0.5, 0.6) is 0 Å². The second-order valence-electron chi connectivity index (χ2n) is 7.52. The Morgan fingerprint density at radius 3 is 2.41 bits per heavy atom. The van der Waals surface area contributed by atoms with E-state index < -0.39 is 0 Å². The van der Waals surface area contributed by atoms with E-state index in [-0.39, 0.29) is 11.8 Å². The summed E-state index contributed by atoms with van der Waals surface area (Å²) < 4.78 is 0. The lowest BCUT2D eigenvalue weighted by Crippen LogP contribution is -2.49. The Hall–Kier alpha value is -2.89. The van der Waals surface area contributed by atoms with Crippen LogP contribution in [0, 0.1) is 13.8 Å². The number of aryl methyl sites for hydroxylation is 1. The van der Waals surface area contributed by atoms with Crippen molar-refractivity contribution in [2.24, 2.45) is 0 Å². The number of aromatic nitrogens is 1. The maximum Gasteiger partial charge on any atom is 0.272 e. The number of rotatable bonds is 6. The van der Waals surface area contributed by atoms with E-state index in [2.05, 4.69) is 54.2 Å². The largest absolute Gasteiger partial charge is 0.368 e. The fraction of sp³-hybridized carbons (Fsp3) is 0.435. The first-order valence-electron chi connectivity index (χ1n) is 10.4. The predicted molar refractivity (Wildman–Crippen MR) is 116 cm³/mol. The Morgan fingerprint density at radius 1 is 1.00 bits per heavy atom. The monoisotopic (exact) mass is 394 g/mol. The van der Waals surface area contributed by atoms with E-state index in [1.807, 2.05) is 4.90 Å². The van der Waals surface area contributed by atoms with Gasteiger partial charge in [-0.15, -0.1) is 0 Å². The standard InChI is InChI=1S/C23H30N4O2/c1-4-5-12-24-22(28)19-9-7-10-20(25-19)23(29)27-15-13-26(14-16-27)21-11-6-8-17(2)18(21)3/h6-11H,4-5,12-16H2,1-3H3,(H,24,28). The molecule has 1 saturated heterocycles. The van der Waals surface area contributed by atoms with Crippen molar-refractivity contribution in [3.63, 3.8) is 0 Å². The fourth-order valence-electron chi connectivity index (χ4n) is 3.54. The summed E-state index contributed by atoms with van der Waals surface area (Å²) in [6, 6.07) is 11.4. The van der Waals surface area contributed by atoms with Crippen LogP contribution in [0.25, 0.3) is 0 Å². The third-order valence-electron chi connectivity index (χ3n) is 5.50. The maximum absolute atomic E-state index is 12.9. The number of hydrogen-bond acceptors (Lipinski definition) is 4. The molecule has 1 aromatic carbocycles. The molecule has 0 atom stereocenters. The summed E-state index contributed by atoms with van der Waals surface area (Å²) in [5, 5.41) is 2.85. The van der Waals surface area contributed by atoms with Gasteiger partial charge in [-0.25, -0.2) is 4.98 Å². The van der Waals surface area contributed by atoms with Gasteiger partial charge in [0.1, 0.15) is 11.4 Å². The summed E-state index contributed by atoms with van der Waals surface area (Å²) in [6.07, 6.45) is 1.94. The zero-order valence-electron chi connectivity index (χ0n) is 17.6. The van der Waals surface area contributed by atoms with Gasteiger partial charge in [-0.1, -0.05) is 31.5 Å². The number of anilines is 1. The third-order valence-corrected chi connectivity index (χ3v) is 5.50. The fourth-order valence-corrected chi connectivity index (χ4v) is 3.54. The number of benzene rings is 1. The van der Waals surface area contributed by atoms with Crippen molar-refractivity contribution in [3.05, 3.63) is 58.9 Å². The number of carbonyl (C=O) groups excluding carboxylic acids is 2. The van der Waals surface area contributed by atoms with Crippen LogP contribution in [0.2, 0.25) is 0 Å². The lowest BCUT2D eigenvalue weighted by Gasteiger charge is -2.37. The van der Waals surface area contributed by atoms with Crippen molar-refractivity contribution >= 4 is 17.5 Å². The van der Waals surface area contributed by atoms with Gasteiger partial charge in [0.2, 0.25) is 0 Å². The molecular formula is C23H30N4O2. The van der Waals surface area contributed by atoms with Crippen LogP contribution in [0.1, 0.15) is 51.9 Å². The van der Waals surface area contributed by atoms with Gasteiger partial charge in [0.05, 0.1) is 0 Å². The summed E-state index contributed by atoms with van der Waals surface area (Å²) in [5.41, 5.74) is 4.42. The summed E-state index contributed by atoms with van der Waals surface area (Å²) in [6.45, 7) is 9.81. The molecule has 6 nitrogen and oxygen atoms in total. The van der Waals surface area contributed by atoms with Crippen LogP contribution in [-0.4, -0.2) is 54.4 Å². The number of nitrogens with one attached hydrogen (secondary N) is 1. The summed E-state index contributed by atoms with van der Waals surface area (Å²) in [7, 11) is 0. The molecule has 2 amide bonds. The van der Waals surface area contributed by atoms with Gasteiger partial charge in [0, 0.05) is 38.4 Å². The molecular weight excluding hydrogens is 364 g/mol. The van der Waals surface area contributed by atoms with Crippen molar-refractivity contribution < 1.29 is 9.59 Å². The molecule has 1 fully saturated rings. The molecule has 29 heavy (non-hydrogen) atoms. The van der Waals surface area contributed by atoms with E-state index in [0.29, 0.717) is 31.0 Å². The van der Waals surface area contributed by atoms with E-state index in [1.54, 1.807) is 18.2 Å². The Balaban J connectivity index is 1.63. The molecule has 6 heteroatoms. The van der Waals surface area contributed by atoms with Crippen molar-refractivity contribution in [1.82, 2.24) is 15.2 Å². The van der Waals surface area contributed by atoms with Crippen LogP contribution < -0.4 is 10.2 Å². The van der Waals surface area contributed by atoms with Crippen LogP contribution in [-0.2, 0) is 0 Å². The molecule has 2 aromatic rings. The van der Waals surface area contributed by atoms with Gasteiger partial charge < -0.3 is 15.1 Å². The highest BCUT2D eigenvalue weighted by molar-refractivity contribution is 5.96. The molecule has 0 bridgehead atoms. The number of pyridine rings is 1. The zero-order chi connectivity index (χ0) is 20.8. The van der Waals surface area contributed by atoms with Gasteiger partial charge in [0.15, 0.2) is 0 Å². The van der Waals surface area contributed by atoms with Crippen molar-refractivity contribution in [1.29, 1.82) is 0 Å². The van der Waals surface area contributed by atoms with Gasteiger partial charge >= 0.3 is 0 Å². The van der Waals surface area contributed by atoms with Gasteiger partial charge in [-0.05, 0) is 49.6 Å². The quantitative estimate of drug-likeness (QED) is 0.764. The first kappa shape index (κ1) is 20.8. The molecule has 0 aliphatic carbocycles. The summed E-state index contributed by atoms with van der Waals surface area (Å²) in [5.74, 6) is -0.346. The first-order chi connectivity index (χ1) is 14.0. The average molecular weight is 395 g/mol. The molecule has 1 aromatic heterocycles. The van der Waals surface area contributed by atoms with Gasteiger partial charge in [0.25, 0.3) is 11.8 Å². The van der Waals surface area contributed by atoms with Crippen LogP contribution in [0.15, 0.2) is 36.4 Å². The topological polar surface area (TPSA) is 65.5 Å². The van der Waals surface area contributed by atoms with Crippen LogP contribution >= 0.6 is 0 Å². The predicted octanol–water partition coefficient (Wildman–Crippen LogP) is 3.19. The minimum Gasteiger partial charge on any atom is -0.368 e. The third kappa shape index (κ3) is 4.94. The van der Waals surface area contributed by atoms with Crippen molar-refractivity contribution in [2.45, 2.75) is 33.6 Å². The average Bonchev–Trinajstić information content (AvgIpc) is 2.75. The number of carbonyl (C=O) groups is 2. The van der Waals surface area contributed by atoms with E-state index >= 15 is 0 Å². The minimum absolute atomic E-state index is 0.117. The zero-order valence-corrected chi connectivity index (χ0v) is 17.6. The summed E-state index contributed by atoms with van der Waals surface area (Å²) >= 11 is 0. The SMILES string of the molecule is CCCCNC(=O)c1cccc(C(=O)N2CCN(c3cccc(C)c3C)CC2)n1. The van der Waals surface area contributed by atoms with Crippen molar-refractivity contribution in [2.75, 3.05) is 37.6 Å². The second kappa shape index (κ2) is 9.54. The highest BCUT2D eigenvalue weighted by Crippen LogP contribution is 2.24. The lowest BCUT2D eigenvalue weighted by molar-refractivity contribution is 0.0740. The molecule has 0 saturated carbocycles. The van der Waals surface area contributed by atoms with E-state index in [4.69, 9.17) is 0 Å². The number of hydrogen-bond donors (Lipinski definition) is 1. The summed E-state index contributed by atoms with van der Waals surface area (Å²) in [4.78, 5) is 33.6. The number of nitrogens with zero attached hydrogens (tertiary/aromatic N) is 3. The second-order valence-corrected chi connectivity index (χ2v) is 7.52. The van der Waals surface area contributed by atoms with Crippen LogP contribution in [0.4, 0.5) is 5.69 Å². The van der Waals surface area contributed by atoms with Crippen molar-refractivity contribution in [3.8, 4) is 0 Å². The molecule has 3 rings (SSSR count). The Bertz CT molecular complexity index is 873. The minimum atomic E-state index is -0.229. The van der Waals surface area contributed by atoms with E-state index in [0.717, 1.165) is 25.9 Å². The maximum atomic E-state index is 12.9. The molecule has 1 N–H and O–H groups in total. The Morgan fingerprint density at radius 2 is 1.69 bits per heavy atom. The molecule has 154 valence electrons. The molecule has 0 unspecified atom stereocenters. The van der Waals surface area contributed by atoms with E-state index in [9.17, 15) is 9.59 Å². The number of amides is 2. The Labute approximate surface area is 172 Å². The Kier molecular flexibility index (Phi) is 6.86. The smallest absolute Gasteiger partial charge is 0.272 e. The normalized spacial score (nSPS) is 14.0. The lowest BCUT2D eigenvalue weighted by atomic mass is 10.1. The molecule has 0 radical (unpaired) electrons. The number of piperazine rings is 1. The highest BCUT2D eigenvalue weighted by Gasteiger charge is 2.24. The van der Waals surface area contributed by atoms with Gasteiger partial charge in [-0.2, -0.15) is 0 Å². The van der Waals surface area contributed by atoms with Gasteiger partial charge in [-0.3, -0.25) is 9.59 Å². The highest BCUT2D eigenvalue weighted by atomic mass is 16.2.